The number of carbonyl (C=O) groups excluding carboxylic acids is 1. The van der Waals surface area contributed by atoms with Crippen LogP contribution in [0.25, 0.3) is 0 Å². The minimum atomic E-state index is -0.437. The summed E-state index contributed by atoms with van der Waals surface area (Å²) in [5, 5.41) is 9.72. The van der Waals surface area contributed by atoms with Crippen LogP contribution < -0.4 is 4.74 Å². The molecular weight excluding hydrogens is 450 g/mol. The van der Waals surface area contributed by atoms with Crippen LogP contribution in [-0.2, 0) is 25.0 Å². The number of carbonyl (C=O) groups is 1. The van der Waals surface area contributed by atoms with Gasteiger partial charge in [0.25, 0.3) is 0 Å². The van der Waals surface area contributed by atoms with E-state index in [1.165, 1.54) is 28.8 Å². The second kappa shape index (κ2) is 10.1. The lowest BCUT2D eigenvalue weighted by atomic mass is 10.2. The summed E-state index contributed by atoms with van der Waals surface area (Å²) >= 11 is 13.1. The first-order chi connectivity index (χ1) is 14.3. The van der Waals surface area contributed by atoms with Gasteiger partial charge in [-0.05, 0) is 36.4 Å². The molecule has 1 amide bonds. The Balaban J connectivity index is 1.54. The van der Waals surface area contributed by atoms with Crippen LogP contribution >= 0.6 is 35.0 Å². The van der Waals surface area contributed by atoms with Gasteiger partial charge in [0, 0.05) is 36.2 Å². The highest BCUT2D eigenvalue weighted by molar-refractivity contribution is 7.99. The van der Waals surface area contributed by atoms with Gasteiger partial charge in [-0.15, -0.1) is 10.2 Å². The Hall–Kier alpha value is -2.29. The lowest BCUT2D eigenvalue weighted by Gasteiger charge is -2.18. The molecule has 1 aromatic heterocycles. The molecule has 0 saturated heterocycles. The molecule has 158 valence electrons. The predicted molar refractivity (Wildman–Crippen MR) is 115 cm³/mol. The number of benzene rings is 2. The number of hydrogen-bond donors (Lipinski definition) is 0. The highest BCUT2D eigenvalue weighted by atomic mass is 35.5. The molecule has 0 aliphatic carbocycles. The first kappa shape index (κ1) is 22.4. The normalized spacial score (nSPS) is 10.8. The van der Waals surface area contributed by atoms with Crippen LogP contribution in [0, 0.1) is 5.82 Å². The Kier molecular flexibility index (Phi) is 7.58. The zero-order chi connectivity index (χ0) is 21.7. The number of hydrogen-bond acceptors (Lipinski definition) is 5. The lowest BCUT2D eigenvalue weighted by molar-refractivity contribution is -0.127. The van der Waals surface area contributed by atoms with Crippen LogP contribution in [-0.4, -0.2) is 38.4 Å². The summed E-state index contributed by atoms with van der Waals surface area (Å²) in [4.78, 5) is 13.9. The summed E-state index contributed by atoms with van der Waals surface area (Å²) < 4.78 is 21.4. The van der Waals surface area contributed by atoms with Gasteiger partial charge in [-0.2, -0.15) is 0 Å². The largest absolute Gasteiger partial charge is 0.486 e. The maximum atomic E-state index is 13.9. The van der Waals surface area contributed by atoms with Crippen LogP contribution in [0.15, 0.2) is 47.6 Å². The van der Waals surface area contributed by atoms with Crippen molar-refractivity contribution in [2.45, 2.75) is 18.3 Å². The van der Waals surface area contributed by atoms with Crippen LogP contribution in [0.4, 0.5) is 4.39 Å². The Morgan fingerprint density at radius 1 is 1.20 bits per heavy atom. The van der Waals surface area contributed by atoms with Gasteiger partial charge in [0.05, 0.1) is 5.75 Å². The van der Waals surface area contributed by atoms with E-state index < -0.39 is 5.82 Å². The van der Waals surface area contributed by atoms with Crippen molar-refractivity contribution in [1.29, 1.82) is 0 Å². The van der Waals surface area contributed by atoms with E-state index in [9.17, 15) is 9.18 Å². The Morgan fingerprint density at radius 2 is 1.93 bits per heavy atom. The number of thioether (sulfide) groups is 1. The van der Waals surface area contributed by atoms with Crippen LogP contribution in [0.2, 0.25) is 10.0 Å². The molecule has 30 heavy (non-hydrogen) atoms. The van der Waals surface area contributed by atoms with Crippen molar-refractivity contribution in [2.75, 3.05) is 12.8 Å². The minimum absolute atomic E-state index is 0.0872. The average molecular weight is 469 g/mol. The molecule has 2 aromatic carbocycles. The maximum Gasteiger partial charge on any atom is 0.233 e. The first-order valence-corrected chi connectivity index (χ1v) is 10.7. The molecule has 6 nitrogen and oxygen atoms in total. The Bertz CT molecular complexity index is 1010. The summed E-state index contributed by atoms with van der Waals surface area (Å²) in [5.74, 6) is 0.799. The molecule has 10 heteroatoms. The van der Waals surface area contributed by atoms with Crippen molar-refractivity contribution in [3.63, 3.8) is 0 Å². The zero-order valence-corrected chi connectivity index (χ0v) is 18.6. The molecule has 0 radical (unpaired) electrons. The molecule has 0 atom stereocenters. The maximum absolute atomic E-state index is 13.9. The highest BCUT2D eigenvalue weighted by Crippen LogP contribution is 2.22. The quantitative estimate of drug-likeness (QED) is 0.452. The van der Waals surface area contributed by atoms with Gasteiger partial charge in [0.15, 0.2) is 11.0 Å². The lowest BCUT2D eigenvalue weighted by Crippen LogP contribution is -2.28. The van der Waals surface area contributed by atoms with Crippen molar-refractivity contribution in [3.8, 4) is 5.75 Å². The number of halogens is 3. The predicted octanol–water partition coefficient (Wildman–Crippen LogP) is 4.59. The molecule has 3 rings (SSSR count). The van der Waals surface area contributed by atoms with Gasteiger partial charge in [0.2, 0.25) is 5.91 Å². The first-order valence-electron chi connectivity index (χ1n) is 8.91. The van der Waals surface area contributed by atoms with Crippen LogP contribution in [0.1, 0.15) is 11.4 Å². The van der Waals surface area contributed by atoms with Gasteiger partial charge in [-0.3, -0.25) is 4.79 Å². The van der Waals surface area contributed by atoms with E-state index in [1.54, 1.807) is 49.0 Å². The van der Waals surface area contributed by atoms with Crippen molar-refractivity contribution < 1.29 is 13.9 Å². The summed E-state index contributed by atoms with van der Waals surface area (Å²) in [6.07, 6.45) is 0. The van der Waals surface area contributed by atoms with E-state index in [4.69, 9.17) is 27.9 Å². The second-order valence-electron chi connectivity index (χ2n) is 6.44. The fraction of sp³-hybridized carbons (Fsp3) is 0.250. The molecule has 1 heterocycles. The summed E-state index contributed by atoms with van der Waals surface area (Å²) in [6.45, 7) is 0.315. The van der Waals surface area contributed by atoms with Crippen molar-refractivity contribution >= 4 is 40.9 Å². The second-order valence-corrected chi connectivity index (χ2v) is 8.23. The van der Waals surface area contributed by atoms with Gasteiger partial charge < -0.3 is 14.2 Å². The van der Waals surface area contributed by atoms with E-state index in [2.05, 4.69) is 10.2 Å². The third kappa shape index (κ3) is 5.65. The molecule has 0 N–H and O–H groups in total. The van der Waals surface area contributed by atoms with E-state index in [0.717, 1.165) is 0 Å². The van der Waals surface area contributed by atoms with E-state index in [1.807, 2.05) is 0 Å². The monoisotopic (exact) mass is 468 g/mol. The zero-order valence-electron chi connectivity index (χ0n) is 16.3. The van der Waals surface area contributed by atoms with Crippen molar-refractivity contribution in [2.24, 2.45) is 7.05 Å². The number of nitrogens with zero attached hydrogens (tertiary/aromatic N) is 4. The van der Waals surface area contributed by atoms with Crippen molar-refractivity contribution in [3.05, 3.63) is 69.7 Å². The van der Waals surface area contributed by atoms with Crippen molar-refractivity contribution in [1.82, 2.24) is 19.7 Å². The van der Waals surface area contributed by atoms with Crippen LogP contribution in [0.3, 0.4) is 0 Å². The van der Waals surface area contributed by atoms with E-state index >= 15 is 0 Å². The molecule has 0 saturated carbocycles. The SMILES string of the molecule is CN(Cc1c(F)cccc1Cl)C(=O)CSc1nnc(COc2ccc(Cl)cc2)n1C. The summed E-state index contributed by atoms with van der Waals surface area (Å²) in [7, 11) is 3.41. The molecule has 0 fully saturated rings. The standard InChI is InChI=1S/C20H19Cl2FN4O2S/c1-26(10-15-16(22)4-3-5-17(15)23)19(28)12-30-20-25-24-18(27(20)2)11-29-14-8-6-13(21)7-9-14/h3-9H,10-12H2,1-2H3. The molecule has 0 aliphatic rings. The minimum Gasteiger partial charge on any atom is -0.486 e. The number of rotatable bonds is 8. The molecule has 0 aliphatic heterocycles. The number of ether oxygens (including phenoxy) is 1. The molecule has 3 aromatic rings. The highest BCUT2D eigenvalue weighted by Gasteiger charge is 2.17. The van der Waals surface area contributed by atoms with Crippen LogP contribution in [0.5, 0.6) is 5.75 Å². The molecule has 0 spiro atoms. The molecule has 0 unspecified atom stereocenters. The Morgan fingerprint density at radius 3 is 2.63 bits per heavy atom. The fourth-order valence-corrected chi connectivity index (χ4v) is 3.74. The third-order valence-electron chi connectivity index (χ3n) is 4.31. The average Bonchev–Trinajstić information content (AvgIpc) is 3.08. The van der Waals surface area contributed by atoms with E-state index in [-0.39, 0.29) is 24.8 Å². The van der Waals surface area contributed by atoms with Gasteiger partial charge in [-0.1, -0.05) is 41.0 Å². The number of amides is 1. The fourth-order valence-electron chi connectivity index (χ4n) is 2.52. The van der Waals surface area contributed by atoms with Gasteiger partial charge >= 0.3 is 0 Å². The molecule has 0 bridgehead atoms. The number of aromatic nitrogens is 3. The summed E-state index contributed by atoms with van der Waals surface area (Å²) in [5.41, 5.74) is 0.292. The topological polar surface area (TPSA) is 60.3 Å². The van der Waals surface area contributed by atoms with Gasteiger partial charge in [-0.25, -0.2) is 4.39 Å². The Labute approximate surface area is 187 Å². The summed E-state index contributed by atoms with van der Waals surface area (Å²) in [6, 6.07) is 11.5. The third-order valence-corrected chi connectivity index (χ3v) is 5.93. The smallest absolute Gasteiger partial charge is 0.233 e. The van der Waals surface area contributed by atoms with Gasteiger partial charge in [0.1, 0.15) is 18.2 Å². The van der Waals surface area contributed by atoms with E-state index in [0.29, 0.717) is 32.3 Å². The molecular formula is C20H19Cl2FN4O2S.